The van der Waals surface area contributed by atoms with E-state index in [1.54, 1.807) is 12.7 Å². The van der Waals surface area contributed by atoms with Crippen molar-refractivity contribution in [2.75, 3.05) is 0 Å². The van der Waals surface area contributed by atoms with Crippen molar-refractivity contribution in [2.45, 2.75) is 13.8 Å². The highest BCUT2D eigenvalue weighted by Crippen LogP contribution is 2.23. The van der Waals surface area contributed by atoms with Gasteiger partial charge in [-0.05, 0) is 0 Å². The number of nitrogens with one attached hydrogen (secondary N) is 1. The van der Waals surface area contributed by atoms with Crippen molar-refractivity contribution >= 4 is 17.9 Å². The van der Waals surface area contributed by atoms with Crippen LogP contribution in [0, 0.1) is 0 Å². The van der Waals surface area contributed by atoms with E-state index in [0.717, 1.165) is 17.2 Å². The van der Waals surface area contributed by atoms with Gasteiger partial charge in [0.2, 0.25) is 0 Å². The number of hydrogen-bond acceptors (Lipinski definition) is 3. The lowest BCUT2D eigenvalue weighted by Crippen LogP contribution is -2.12. The lowest BCUT2D eigenvalue weighted by atomic mass is 10.3. The molecule has 1 aromatic rings. The summed E-state index contributed by atoms with van der Waals surface area (Å²) in [5.41, 5.74) is 1.63. The summed E-state index contributed by atoms with van der Waals surface area (Å²) in [4.78, 5) is 8.23. The lowest BCUT2D eigenvalue weighted by molar-refractivity contribution is 0.910. The van der Waals surface area contributed by atoms with Gasteiger partial charge in [-0.15, -0.1) is 0 Å². The number of nitrogens with zero attached hydrogens (tertiary/aromatic N) is 3. The van der Waals surface area contributed by atoms with Gasteiger partial charge in [-0.3, -0.25) is 0 Å². The van der Waals surface area contributed by atoms with Crippen molar-refractivity contribution in [2.24, 2.45) is 12.0 Å². The molecule has 1 aliphatic rings. The Labute approximate surface area is 78.0 Å². The molecule has 4 nitrogen and oxygen atoms in total. The minimum absolute atomic E-state index is 0.801. The maximum absolute atomic E-state index is 4.12. The van der Waals surface area contributed by atoms with Crippen molar-refractivity contribution in [1.29, 1.82) is 0 Å². The van der Waals surface area contributed by atoms with Crippen LogP contribution < -0.4 is 5.32 Å². The van der Waals surface area contributed by atoms with Crippen LogP contribution in [0.5, 0.6) is 0 Å². The van der Waals surface area contributed by atoms with Gasteiger partial charge in [0, 0.05) is 7.05 Å². The molecule has 13 heavy (non-hydrogen) atoms. The van der Waals surface area contributed by atoms with Gasteiger partial charge in [0.15, 0.2) is 5.82 Å². The fraction of sp³-hybridized carbons (Fsp3) is 0.333. The maximum atomic E-state index is 4.12. The predicted molar refractivity (Wildman–Crippen MR) is 54.9 cm³/mol. The van der Waals surface area contributed by atoms with Crippen molar-refractivity contribution in [3.63, 3.8) is 0 Å². The third kappa shape index (κ3) is 1.61. The topological polar surface area (TPSA) is 42.2 Å². The molecule has 0 bridgehead atoms. The van der Waals surface area contributed by atoms with Crippen molar-refractivity contribution in [3.05, 3.63) is 18.6 Å². The molecule has 0 fully saturated rings. The summed E-state index contributed by atoms with van der Waals surface area (Å²) in [6, 6.07) is 0. The molecule has 1 aliphatic heterocycles. The minimum Gasteiger partial charge on any atom is -0.345 e. The molecule has 0 amide bonds. The van der Waals surface area contributed by atoms with Crippen LogP contribution in [-0.4, -0.2) is 15.9 Å². The molecule has 2 heterocycles. The molecule has 1 N–H and O–H groups in total. The van der Waals surface area contributed by atoms with E-state index in [2.05, 4.69) is 21.9 Å². The first kappa shape index (κ1) is 9.51. The minimum atomic E-state index is 0.801. The Hall–Kier alpha value is -1.58. The standard InChI is InChI=1S/C7H8N4.C2H6/c1-5-6-7(9-3-8-5)11(2)4-10-6;1-2/h3-4H,1H2,2H3,(H,8,9);1-2H3. The van der Waals surface area contributed by atoms with Crippen molar-refractivity contribution in [1.82, 2.24) is 14.9 Å². The smallest absolute Gasteiger partial charge is 0.163 e. The van der Waals surface area contributed by atoms with Crippen LogP contribution in [0.1, 0.15) is 19.5 Å². The molecule has 0 aromatic carbocycles. The van der Waals surface area contributed by atoms with Crippen LogP contribution in [0.4, 0.5) is 5.82 Å². The Morgan fingerprint density at radius 2 is 2.15 bits per heavy atom. The van der Waals surface area contributed by atoms with Crippen LogP contribution >= 0.6 is 0 Å². The summed E-state index contributed by atoms with van der Waals surface area (Å²) in [5, 5.41) is 2.89. The van der Waals surface area contributed by atoms with Crippen LogP contribution in [-0.2, 0) is 7.05 Å². The Bertz CT molecular complexity index is 335. The normalized spacial score (nSPS) is 12.7. The molecular formula is C9H14N4. The highest BCUT2D eigenvalue weighted by atomic mass is 15.2. The van der Waals surface area contributed by atoms with Gasteiger partial charge in [0.25, 0.3) is 0 Å². The molecule has 0 saturated heterocycles. The Morgan fingerprint density at radius 3 is 2.77 bits per heavy atom. The first-order valence-corrected chi connectivity index (χ1v) is 4.28. The summed E-state index contributed by atoms with van der Waals surface area (Å²) in [5.74, 6) is 0.855. The highest BCUT2D eigenvalue weighted by Gasteiger charge is 2.12. The van der Waals surface area contributed by atoms with Gasteiger partial charge in [0.05, 0.1) is 18.4 Å². The molecule has 0 aliphatic carbocycles. The summed E-state index contributed by atoms with van der Waals surface area (Å²) >= 11 is 0. The van der Waals surface area contributed by atoms with Gasteiger partial charge in [-0.2, -0.15) is 0 Å². The highest BCUT2D eigenvalue weighted by molar-refractivity contribution is 5.83. The van der Waals surface area contributed by atoms with E-state index < -0.39 is 0 Å². The van der Waals surface area contributed by atoms with Crippen LogP contribution in [0.25, 0.3) is 5.70 Å². The first-order chi connectivity index (χ1) is 6.29. The van der Waals surface area contributed by atoms with E-state index in [0.29, 0.717) is 0 Å². The van der Waals surface area contributed by atoms with E-state index in [1.807, 2.05) is 25.5 Å². The average molecular weight is 178 g/mol. The number of fused-ring (bicyclic) bond motifs is 1. The van der Waals surface area contributed by atoms with Crippen molar-refractivity contribution in [3.8, 4) is 0 Å². The molecule has 0 atom stereocenters. The first-order valence-electron chi connectivity index (χ1n) is 4.28. The van der Waals surface area contributed by atoms with Gasteiger partial charge in [-0.25, -0.2) is 9.98 Å². The molecule has 2 rings (SSSR count). The third-order valence-corrected chi connectivity index (χ3v) is 1.62. The molecule has 70 valence electrons. The van der Waals surface area contributed by atoms with E-state index in [-0.39, 0.29) is 0 Å². The molecule has 0 unspecified atom stereocenters. The fourth-order valence-corrected chi connectivity index (χ4v) is 1.03. The summed E-state index contributed by atoms with van der Waals surface area (Å²) < 4.78 is 1.86. The van der Waals surface area contributed by atoms with E-state index in [4.69, 9.17) is 0 Å². The zero-order valence-corrected chi connectivity index (χ0v) is 8.20. The number of aliphatic imine (C=N–C) groups is 1. The number of imidazole rings is 1. The fourth-order valence-electron chi connectivity index (χ4n) is 1.03. The average Bonchev–Trinajstić information content (AvgIpc) is 2.53. The Kier molecular flexibility index (Phi) is 2.84. The summed E-state index contributed by atoms with van der Waals surface area (Å²) in [6.07, 6.45) is 3.34. The van der Waals surface area contributed by atoms with Gasteiger partial charge in [0.1, 0.15) is 5.69 Å². The predicted octanol–water partition coefficient (Wildman–Crippen LogP) is 1.68. The van der Waals surface area contributed by atoms with Crippen molar-refractivity contribution < 1.29 is 0 Å². The SMILES string of the molecule is C=C1NC=Nc2c1ncn2C.CC. The molecule has 1 aromatic heterocycles. The quantitative estimate of drug-likeness (QED) is 0.656. The Morgan fingerprint density at radius 1 is 1.46 bits per heavy atom. The third-order valence-electron chi connectivity index (χ3n) is 1.62. The number of aromatic nitrogens is 2. The zero-order chi connectivity index (χ0) is 9.84. The largest absolute Gasteiger partial charge is 0.345 e. The molecule has 0 saturated carbocycles. The molecular weight excluding hydrogens is 164 g/mol. The lowest BCUT2D eigenvalue weighted by Gasteiger charge is -2.08. The second-order valence-electron chi connectivity index (χ2n) is 2.41. The molecule has 4 heteroatoms. The van der Waals surface area contributed by atoms with Gasteiger partial charge in [-0.1, -0.05) is 20.4 Å². The number of aryl methyl sites for hydroxylation is 1. The van der Waals surface area contributed by atoms with Crippen LogP contribution in [0.15, 0.2) is 17.9 Å². The van der Waals surface area contributed by atoms with Crippen LogP contribution in [0.3, 0.4) is 0 Å². The summed E-state index contributed by atoms with van der Waals surface area (Å²) in [7, 11) is 1.90. The van der Waals surface area contributed by atoms with Gasteiger partial charge < -0.3 is 9.88 Å². The zero-order valence-electron chi connectivity index (χ0n) is 8.20. The molecule has 0 spiro atoms. The van der Waals surface area contributed by atoms with Crippen LogP contribution in [0.2, 0.25) is 0 Å². The number of rotatable bonds is 0. The Balaban J connectivity index is 0.000000396. The second kappa shape index (κ2) is 3.89. The maximum Gasteiger partial charge on any atom is 0.163 e. The number of hydrogen-bond donors (Lipinski definition) is 1. The van der Waals surface area contributed by atoms with E-state index >= 15 is 0 Å². The monoisotopic (exact) mass is 178 g/mol. The van der Waals surface area contributed by atoms with E-state index in [9.17, 15) is 0 Å². The van der Waals surface area contributed by atoms with Gasteiger partial charge >= 0.3 is 0 Å². The summed E-state index contributed by atoms with van der Waals surface area (Å²) in [6.45, 7) is 7.79. The van der Waals surface area contributed by atoms with E-state index in [1.165, 1.54) is 0 Å². The second-order valence-corrected chi connectivity index (χ2v) is 2.41. The molecule has 0 radical (unpaired) electrons.